The Morgan fingerprint density at radius 1 is 1.23 bits per heavy atom. The third kappa shape index (κ3) is 2.71. The predicted octanol–water partition coefficient (Wildman–Crippen LogP) is 3.79. The summed E-state index contributed by atoms with van der Waals surface area (Å²) in [6, 6.07) is 14.9. The third-order valence-electron chi connectivity index (χ3n) is 3.23. The second-order valence-corrected chi connectivity index (χ2v) is 5.79. The summed E-state index contributed by atoms with van der Waals surface area (Å²) in [7, 11) is 0. The number of hydrogen-bond donors (Lipinski definition) is 1. The normalized spacial score (nSPS) is 10.5. The molecule has 0 unspecified atom stereocenters. The molecule has 4 nitrogen and oxygen atoms in total. The molecule has 0 bridgehead atoms. The zero-order valence-corrected chi connectivity index (χ0v) is 13.0. The lowest BCUT2D eigenvalue weighted by molar-refractivity contribution is -0.901. The second kappa shape index (κ2) is 6.22. The van der Waals surface area contributed by atoms with E-state index in [1.165, 1.54) is 0 Å². The fourth-order valence-corrected chi connectivity index (χ4v) is 2.84. The van der Waals surface area contributed by atoms with Gasteiger partial charge in [-0.25, -0.2) is 0 Å². The molecular formula is C16H11ClN3OS+. The zero-order valence-electron chi connectivity index (χ0n) is 11.4. The van der Waals surface area contributed by atoms with Crippen LogP contribution in [0.5, 0.6) is 0 Å². The van der Waals surface area contributed by atoms with Crippen molar-refractivity contribution in [2.24, 2.45) is 0 Å². The van der Waals surface area contributed by atoms with Gasteiger partial charge in [0, 0.05) is 10.6 Å². The van der Waals surface area contributed by atoms with Gasteiger partial charge in [0.05, 0.1) is 5.39 Å². The van der Waals surface area contributed by atoms with Gasteiger partial charge in [-0.3, -0.25) is 0 Å². The maximum Gasteiger partial charge on any atom is 0.348 e. The van der Waals surface area contributed by atoms with E-state index in [1.54, 1.807) is 12.1 Å². The average Bonchev–Trinajstić information content (AvgIpc) is 2.54. The van der Waals surface area contributed by atoms with Crippen molar-refractivity contribution in [2.45, 2.75) is 5.75 Å². The number of thioether (sulfide) groups is 1. The lowest BCUT2D eigenvalue weighted by Gasteiger charge is -2.06. The van der Waals surface area contributed by atoms with Crippen molar-refractivity contribution in [3.05, 3.63) is 59.4 Å². The number of rotatable bonds is 3. The first-order valence-corrected chi connectivity index (χ1v) is 7.87. The summed E-state index contributed by atoms with van der Waals surface area (Å²) in [6.07, 6.45) is 0. The molecule has 1 aromatic heterocycles. The Labute approximate surface area is 136 Å². The minimum absolute atomic E-state index is 0.297. The van der Waals surface area contributed by atoms with Crippen LogP contribution in [0.25, 0.3) is 22.2 Å². The average molecular weight is 329 g/mol. The molecular weight excluding hydrogens is 318 g/mol. The Balaban J connectivity index is 2.33. The number of nitriles is 1. The monoisotopic (exact) mass is 328 g/mol. The maximum absolute atomic E-state index is 10.5. The van der Waals surface area contributed by atoms with E-state index in [0.29, 0.717) is 22.3 Å². The summed E-state index contributed by atoms with van der Waals surface area (Å²) in [5, 5.41) is 22.6. The molecule has 108 valence electrons. The SMILES string of the molecule is N#CSCc1nc2ccc(Cl)cc2c(-c2ccccc2)[n+]1O. The number of nitrogens with zero attached hydrogens (tertiary/aromatic N) is 3. The highest BCUT2D eigenvalue weighted by molar-refractivity contribution is 8.02. The van der Waals surface area contributed by atoms with Crippen LogP contribution in [0.2, 0.25) is 5.02 Å². The second-order valence-electron chi connectivity index (χ2n) is 4.60. The molecule has 0 spiro atoms. The van der Waals surface area contributed by atoms with Gasteiger partial charge in [-0.15, -0.1) is 0 Å². The molecule has 0 amide bonds. The van der Waals surface area contributed by atoms with Crippen molar-refractivity contribution in [1.82, 2.24) is 4.98 Å². The van der Waals surface area contributed by atoms with E-state index in [-0.39, 0.29) is 0 Å². The third-order valence-corrected chi connectivity index (χ3v) is 4.00. The summed E-state index contributed by atoms with van der Waals surface area (Å²) >= 11 is 7.12. The number of benzene rings is 2. The van der Waals surface area contributed by atoms with Crippen LogP contribution in [0.4, 0.5) is 0 Å². The summed E-state index contributed by atoms with van der Waals surface area (Å²) in [4.78, 5) is 4.42. The van der Waals surface area contributed by atoms with Crippen LogP contribution in [0.1, 0.15) is 5.82 Å². The minimum atomic E-state index is 0.297. The van der Waals surface area contributed by atoms with Crippen LogP contribution in [0.15, 0.2) is 48.5 Å². The van der Waals surface area contributed by atoms with Gasteiger partial charge in [0.2, 0.25) is 0 Å². The molecule has 22 heavy (non-hydrogen) atoms. The van der Waals surface area contributed by atoms with E-state index in [0.717, 1.165) is 33.0 Å². The molecule has 0 fully saturated rings. The summed E-state index contributed by atoms with van der Waals surface area (Å²) < 4.78 is 1.04. The Hall–Kier alpha value is -2.29. The van der Waals surface area contributed by atoms with Crippen LogP contribution in [-0.4, -0.2) is 10.2 Å². The quantitative estimate of drug-likeness (QED) is 0.451. The van der Waals surface area contributed by atoms with Gasteiger partial charge in [0.25, 0.3) is 0 Å². The number of hydrogen-bond acceptors (Lipinski definition) is 4. The Morgan fingerprint density at radius 2 is 2.00 bits per heavy atom. The fraction of sp³-hybridized carbons (Fsp3) is 0.0625. The fourth-order valence-electron chi connectivity index (χ4n) is 2.29. The van der Waals surface area contributed by atoms with E-state index in [1.807, 2.05) is 41.8 Å². The minimum Gasteiger partial charge on any atom is -0.349 e. The summed E-state index contributed by atoms with van der Waals surface area (Å²) in [6.45, 7) is 0. The molecule has 3 aromatic rings. The maximum atomic E-state index is 10.5. The number of aromatic nitrogens is 2. The molecule has 0 saturated carbocycles. The first-order chi connectivity index (χ1) is 10.7. The lowest BCUT2D eigenvalue weighted by atomic mass is 10.1. The number of thiocyanates is 1. The van der Waals surface area contributed by atoms with Crippen molar-refractivity contribution < 1.29 is 9.94 Å². The molecule has 0 radical (unpaired) electrons. The molecule has 0 saturated heterocycles. The van der Waals surface area contributed by atoms with Crippen molar-refractivity contribution >= 4 is 34.3 Å². The molecule has 0 aliphatic heterocycles. The topological polar surface area (TPSA) is 60.8 Å². The van der Waals surface area contributed by atoms with Crippen LogP contribution >= 0.6 is 23.4 Å². The van der Waals surface area contributed by atoms with E-state index in [2.05, 4.69) is 4.98 Å². The largest absolute Gasteiger partial charge is 0.349 e. The van der Waals surface area contributed by atoms with E-state index < -0.39 is 0 Å². The zero-order chi connectivity index (χ0) is 15.5. The van der Waals surface area contributed by atoms with Gasteiger partial charge in [-0.1, -0.05) is 41.9 Å². The van der Waals surface area contributed by atoms with Gasteiger partial charge in [0.1, 0.15) is 11.2 Å². The van der Waals surface area contributed by atoms with Crippen molar-refractivity contribution in [2.75, 3.05) is 0 Å². The Morgan fingerprint density at radius 3 is 2.73 bits per heavy atom. The van der Waals surface area contributed by atoms with Crippen molar-refractivity contribution in [3.8, 4) is 16.7 Å². The first kappa shape index (κ1) is 14.6. The highest BCUT2D eigenvalue weighted by Crippen LogP contribution is 2.27. The van der Waals surface area contributed by atoms with Crippen LogP contribution in [0.3, 0.4) is 0 Å². The highest BCUT2D eigenvalue weighted by Gasteiger charge is 2.23. The van der Waals surface area contributed by atoms with Gasteiger partial charge in [-0.2, -0.15) is 5.26 Å². The van der Waals surface area contributed by atoms with Gasteiger partial charge in [0.15, 0.2) is 11.2 Å². The Kier molecular flexibility index (Phi) is 4.14. The predicted molar refractivity (Wildman–Crippen MR) is 86.5 cm³/mol. The first-order valence-electron chi connectivity index (χ1n) is 6.50. The molecule has 6 heteroatoms. The Bertz CT molecular complexity index is 878. The standard InChI is InChI=1S/C16H11ClN3OS/c17-12-6-7-14-13(8-12)16(11-4-2-1-3-5-11)20(21)15(19-14)9-22-10-18/h1-8,21H,9H2/q+1. The molecule has 0 atom stereocenters. The van der Waals surface area contributed by atoms with Crippen LogP contribution in [-0.2, 0) is 5.75 Å². The summed E-state index contributed by atoms with van der Waals surface area (Å²) in [5.41, 5.74) is 2.19. The molecule has 0 aliphatic rings. The smallest absolute Gasteiger partial charge is 0.348 e. The van der Waals surface area contributed by atoms with Crippen LogP contribution in [0, 0.1) is 10.7 Å². The molecule has 0 aliphatic carbocycles. The van der Waals surface area contributed by atoms with E-state index >= 15 is 0 Å². The van der Waals surface area contributed by atoms with Crippen molar-refractivity contribution in [1.29, 1.82) is 5.26 Å². The lowest BCUT2D eigenvalue weighted by Crippen LogP contribution is -2.39. The molecule has 2 aromatic carbocycles. The van der Waals surface area contributed by atoms with E-state index in [4.69, 9.17) is 16.9 Å². The van der Waals surface area contributed by atoms with Gasteiger partial charge in [-0.05, 0) is 39.7 Å². The van der Waals surface area contributed by atoms with Gasteiger partial charge < -0.3 is 5.21 Å². The highest BCUT2D eigenvalue weighted by atomic mass is 35.5. The van der Waals surface area contributed by atoms with Gasteiger partial charge >= 0.3 is 5.82 Å². The number of fused-ring (bicyclic) bond motifs is 1. The van der Waals surface area contributed by atoms with E-state index in [9.17, 15) is 5.21 Å². The number of halogens is 1. The van der Waals surface area contributed by atoms with Crippen LogP contribution < -0.4 is 4.73 Å². The summed E-state index contributed by atoms with van der Waals surface area (Å²) in [5.74, 6) is 0.714. The molecule has 3 rings (SSSR count). The molecule has 1 heterocycles. The molecule has 1 N–H and O–H groups in total. The van der Waals surface area contributed by atoms with Crippen molar-refractivity contribution in [3.63, 3.8) is 0 Å².